The van der Waals surface area contributed by atoms with Crippen molar-refractivity contribution in [2.75, 3.05) is 13.1 Å². The van der Waals surface area contributed by atoms with Gasteiger partial charge in [-0.1, -0.05) is 97.4 Å². The summed E-state index contributed by atoms with van der Waals surface area (Å²) in [5.74, 6) is -1.51. The van der Waals surface area contributed by atoms with Crippen LogP contribution >= 0.6 is 0 Å². The Balaban J connectivity index is 1.72. The lowest BCUT2D eigenvalue weighted by Gasteiger charge is -2.36. The van der Waals surface area contributed by atoms with E-state index >= 15 is 0 Å². The van der Waals surface area contributed by atoms with Crippen LogP contribution in [-0.2, 0) is 38.8 Å². The molecule has 41 heavy (non-hydrogen) atoms. The summed E-state index contributed by atoms with van der Waals surface area (Å²) < 4.78 is 0. The van der Waals surface area contributed by atoms with E-state index in [1.807, 2.05) is 91.0 Å². The monoisotopic (exact) mass is 550 g/mol. The molecule has 1 aliphatic heterocycles. The summed E-state index contributed by atoms with van der Waals surface area (Å²) in [6, 6.07) is 28.4. The molecule has 0 radical (unpaired) electrons. The maximum Gasteiger partial charge on any atom is 0.245 e. The second kappa shape index (κ2) is 13.9. The minimum atomic E-state index is -1.01. The largest absolute Gasteiger partial charge is 0.335 e. The smallest absolute Gasteiger partial charge is 0.245 e. The minimum Gasteiger partial charge on any atom is -0.335 e. The van der Waals surface area contributed by atoms with E-state index in [1.165, 1.54) is 14.7 Å². The van der Waals surface area contributed by atoms with Crippen LogP contribution in [0.4, 0.5) is 0 Å². The second-order valence-electron chi connectivity index (χ2n) is 10.1. The molecule has 0 spiro atoms. The van der Waals surface area contributed by atoms with Gasteiger partial charge in [0, 0.05) is 25.7 Å². The summed E-state index contributed by atoms with van der Waals surface area (Å²) in [5, 5.41) is 2.66. The van der Waals surface area contributed by atoms with Crippen molar-refractivity contribution in [1.82, 2.24) is 20.0 Å². The number of nitrogens with one attached hydrogen (secondary N) is 1. The number of ketones is 1. The van der Waals surface area contributed by atoms with Crippen molar-refractivity contribution in [3.05, 3.63) is 108 Å². The average Bonchev–Trinajstić information content (AvgIpc) is 2.99. The van der Waals surface area contributed by atoms with Crippen LogP contribution in [0.2, 0.25) is 0 Å². The first kappa shape index (κ1) is 29.1. The Kier molecular flexibility index (Phi) is 9.89. The van der Waals surface area contributed by atoms with Crippen LogP contribution < -0.4 is 5.32 Å². The Morgan fingerprint density at radius 1 is 0.707 bits per heavy atom. The highest BCUT2D eigenvalue weighted by molar-refractivity contribution is 5.96. The minimum absolute atomic E-state index is 0.167. The van der Waals surface area contributed by atoms with Crippen LogP contribution in [0.3, 0.4) is 0 Å². The lowest BCUT2D eigenvalue weighted by molar-refractivity contribution is -0.151. The van der Waals surface area contributed by atoms with E-state index in [0.717, 1.165) is 16.7 Å². The summed E-state index contributed by atoms with van der Waals surface area (Å²) in [6.07, 6.45) is 5.24. The van der Waals surface area contributed by atoms with Gasteiger partial charge in [-0.15, -0.1) is 0 Å². The number of benzene rings is 3. The topological polar surface area (TPSA) is 90.0 Å². The van der Waals surface area contributed by atoms with Crippen LogP contribution in [0.1, 0.15) is 30.0 Å². The van der Waals surface area contributed by atoms with Crippen molar-refractivity contribution < 1.29 is 19.2 Å². The Morgan fingerprint density at radius 2 is 1.20 bits per heavy atom. The molecule has 0 bridgehead atoms. The van der Waals surface area contributed by atoms with E-state index in [-0.39, 0.29) is 56.7 Å². The lowest BCUT2D eigenvalue weighted by atomic mass is 10.0. The van der Waals surface area contributed by atoms with Gasteiger partial charge < -0.3 is 20.0 Å². The molecule has 1 saturated heterocycles. The molecule has 1 unspecified atom stereocenters. The van der Waals surface area contributed by atoms with Crippen LogP contribution in [0.5, 0.6) is 0 Å². The van der Waals surface area contributed by atoms with Gasteiger partial charge in [0.25, 0.3) is 0 Å². The normalized spacial score (nSPS) is 18.9. The summed E-state index contributed by atoms with van der Waals surface area (Å²) in [7, 11) is 0. The third-order valence-corrected chi connectivity index (χ3v) is 7.14. The molecule has 0 aromatic heterocycles. The zero-order valence-electron chi connectivity index (χ0n) is 23.1. The number of carbonyl (C=O) groups is 4. The van der Waals surface area contributed by atoms with Gasteiger partial charge in [0.2, 0.25) is 17.7 Å². The molecule has 210 valence electrons. The van der Waals surface area contributed by atoms with Gasteiger partial charge in [-0.2, -0.15) is 0 Å². The molecule has 3 aromatic carbocycles. The molecule has 4 rings (SSSR count). The van der Waals surface area contributed by atoms with Crippen molar-refractivity contribution >= 4 is 23.5 Å². The molecule has 1 N–H and O–H groups in total. The van der Waals surface area contributed by atoms with E-state index in [0.29, 0.717) is 0 Å². The fraction of sp³-hybridized carbons (Fsp3) is 0.273. The Labute approximate surface area is 240 Å². The number of Topliss-reactive ketones (excluding diaryl/α,β-unsaturated/α-hetero) is 1. The van der Waals surface area contributed by atoms with Gasteiger partial charge in [0.1, 0.15) is 18.6 Å². The maximum absolute atomic E-state index is 14.0. The van der Waals surface area contributed by atoms with E-state index in [2.05, 4.69) is 11.4 Å². The molecular formula is C33H34N4O4. The predicted molar refractivity (Wildman–Crippen MR) is 156 cm³/mol. The van der Waals surface area contributed by atoms with Crippen molar-refractivity contribution in [3.8, 4) is 12.5 Å². The molecule has 0 saturated carbocycles. The highest BCUT2D eigenvalue weighted by Gasteiger charge is 2.35. The zero-order chi connectivity index (χ0) is 29.2. The summed E-state index contributed by atoms with van der Waals surface area (Å²) in [6.45, 7) is 1.65. The highest BCUT2D eigenvalue weighted by Crippen LogP contribution is 2.17. The number of hydrogen-bond acceptors (Lipinski definition) is 5. The van der Waals surface area contributed by atoms with E-state index in [1.54, 1.807) is 6.92 Å². The van der Waals surface area contributed by atoms with Crippen molar-refractivity contribution in [3.63, 3.8) is 0 Å². The summed E-state index contributed by atoms with van der Waals surface area (Å²) in [5.41, 5.74) is 2.51. The van der Waals surface area contributed by atoms with Crippen molar-refractivity contribution in [1.29, 1.82) is 0 Å². The van der Waals surface area contributed by atoms with Gasteiger partial charge in [-0.3, -0.25) is 19.2 Å². The van der Waals surface area contributed by atoms with Crippen LogP contribution in [-0.4, -0.2) is 63.4 Å². The number of nitrogens with zero attached hydrogens (tertiary/aromatic N) is 3. The van der Waals surface area contributed by atoms with Gasteiger partial charge in [-0.25, -0.2) is 0 Å². The molecule has 2 atom stereocenters. The molecule has 1 aliphatic rings. The number of amides is 3. The van der Waals surface area contributed by atoms with Crippen LogP contribution in [0.15, 0.2) is 91.0 Å². The zero-order valence-corrected chi connectivity index (χ0v) is 23.1. The molecule has 0 aliphatic carbocycles. The molecule has 1 fully saturated rings. The molecule has 1 heterocycles. The highest BCUT2D eigenvalue weighted by atomic mass is 16.2. The molecule has 3 aromatic rings. The lowest BCUT2D eigenvalue weighted by Crippen LogP contribution is -2.55. The summed E-state index contributed by atoms with van der Waals surface area (Å²) in [4.78, 5) is 59.4. The van der Waals surface area contributed by atoms with E-state index in [4.69, 9.17) is 6.42 Å². The maximum atomic E-state index is 14.0. The number of rotatable bonds is 7. The van der Waals surface area contributed by atoms with Crippen LogP contribution in [0, 0.1) is 12.5 Å². The van der Waals surface area contributed by atoms with Gasteiger partial charge in [0.05, 0.1) is 13.0 Å². The van der Waals surface area contributed by atoms with Gasteiger partial charge >= 0.3 is 0 Å². The summed E-state index contributed by atoms with van der Waals surface area (Å²) >= 11 is 0. The third-order valence-electron chi connectivity index (χ3n) is 7.14. The molecule has 8 heteroatoms. The average molecular weight is 551 g/mol. The number of terminal acetylenes is 1. The third kappa shape index (κ3) is 7.83. The Morgan fingerprint density at radius 3 is 1.71 bits per heavy atom. The molecule has 3 amide bonds. The van der Waals surface area contributed by atoms with Crippen molar-refractivity contribution in [2.45, 2.75) is 45.1 Å². The van der Waals surface area contributed by atoms with Gasteiger partial charge in [-0.05, 0) is 23.6 Å². The van der Waals surface area contributed by atoms with Crippen LogP contribution in [0.25, 0.3) is 0 Å². The first-order chi connectivity index (χ1) is 19.9. The number of hydrogen-bond donors (Lipinski definition) is 1. The van der Waals surface area contributed by atoms with Crippen molar-refractivity contribution in [2.24, 2.45) is 0 Å². The first-order valence-electron chi connectivity index (χ1n) is 13.6. The van der Waals surface area contributed by atoms with Gasteiger partial charge in [0.15, 0.2) is 5.78 Å². The molecular weight excluding hydrogens is 516 g/mol. The SMILES string of the molecule is C#CNC1CC(=O)N(Cc2ccccc2)CC(=O)N(Cc2ccccc2)[C@@H](C)C(=O)N(Cc2ccccc2)CC1=O. The number of carbonyl (C=O) groups excluding carboxylic acids is 4. The fourth-order valence-corrected chi connectivity index (χ4v) is 4.87. The fourth-order valence-electron chi connectivity index (χ4n) is 4.87. The first-order valence-corrected chi connectivity index (χ1v) is 13.6. The quantitative estimate of drug-likeness (QED) is 0.361. The Bertz CT molecular complexity index is 1390. The predicted octanol–water partition coefficient (Wildman–Crippen LogP) is 2.98. The van der Waals surface area contributed by atoms with E-state index in [9.17, 15) is 19.2 Å². The molecule has 8 nitrogen and oxygen atoms in total. The standard InChI is InChI=1S/C33H34N4O4/c1-3-34-29-19-31(39)35(20-26-13-7-4-8-14-26)24-32(40)37(22-28-17-11-6-12-18-28)25(2)33(41)36(23-30(29)38)21-27-15-9-5-10-16-27/h1,4-18,25,29,34H,19-24H2,2H3/t25-,29?/m0/s1. The van der Waals surface area contributed by atoms with E-state index < -0.39 is 18.0 Å². The Hall–Kier alpha value is -4.90. The second-order valence-corrected chi connectivity index (χ2v) is 10.1.